The minimum absolute atomic E-state index is 0.0127. The number of carbonyl (C=O) groups is 1. The van der Waals surface area contributed by atoms with Gasteiger partial charge in [-0.2, -0.15) is 0 Å². The van der Waals surface area contributed by atoms with Crippen LogP contribution in [0.25, 0.3) is 0 Å². The Kier molecular flexibility index (Phi) is 5.59. The summed E-state index contributed by atoms with van der Waals surface area (Å²) in [5, 5.41) is 2.91. The molecule has 1 aliphatic heterocycles. The van der Waals surface area contributed by atoms with Crippen LogP contribution < -0.4 is 16.0 Å². The Labute approximate surface area is 137 Å². The van der Waals surface area contributed by atoms with Crippen LogP contribution >= 0.6 is 0 Å². The van der Waals surface area contributed by atoms with Crippen molar-refractivity contribution in [2.45, 2.75) is 32.4 Å². The highest BCUT2D eigenvalue weighted by Gasteiger charge is 2.26. The van der Waals surface area contributed by atoms with Gasteiger partial charge >= 0.3 is 0 Å². The van der Waals surface area contributed by atoms with Crippen LogP contribution in [0.5, 0.6) is 0 Å². The molecule has 0 spiro atoms. The summed E-state index contributed by atoms with van der Waals surface area (Å²) in [7, 11) is 0. The fourth-order valence-corrected chi connectivity index (χ4v) is 2.65. The lowest BCUT2D eigenvalue weighted by molar-refractivity contribution is -0.126. The molecule has 1 fully saturated rings. The maximum Gasteiger partial charge on any atom is 0.237 e. The number of amides is 1. The third kappa shape index (κ3) is 5.18. The van der Waals surface area contributed by atoms with Gasteiger partial charge in [0.15, 0.2) is 0 Å². The van der Waals surface area contributed by atoms with E-state index in [2.05, 4.69) is 15.1 Å². The molecule has 6 heteroatoms. The highest BCUT2D eigenvalue weighted by Crippen LogP contribution is 2.17. The van der Waals surface area contributed by atoms with Gasteiger partial charge in [0.05, 0.1) is 6.04 Å². The minimum Gasteiger partial charge on any atom is -0.369 e. The summed E-state index contributed by atoms with van der Waals surface area (Å²) in [6, 6.07) is 6.38. The van der Waals surface area contributed by atoms with E-state index in [4.69, 9.17) is 5.73 Å². The van der Waals surface area contributed by atoms with Crippen molar-refractivity contribution in [1.82, 2.24) is 10.2 Å². The predicted octanol–water partition coefficient (Wildman–Crippen LogP) is 1.19. The smallest absolute Gasteiger partial charge is 0.237 e. The third-order valence-electron chi connectivity index (χ3n) is 4.15. The second-order valence-corrected chi connectivity index (χ2v) is 6.88. The monoisotopic (exact) mass is 322 g/mol. The van der Waals surface area contributed by atoms with Crippen LogP contribution in [-0.2, 0) is 4.79 Å². The van der Waals surface area contributed by atoms with E-state index in [0.717, 1.165) is 31.9 Å². The van der Waals surface area contributed by atoms with Gasteiger partial charge in [0.25, 0.3) is 0 Å². The first-order chi connectivity index (χ1) is 10.8. The molecular weight excluding hydrogens is 295 g/mol. The van der Waals surface area contributed by atoms with E-state index in [1.54, 1.807) is 12.1 Å². The molecule has 1 unspecified atom stereocenters. The fraction of sp³-hybridized carbons (Fsp3) is 0.588. The summed E-state index contributed by atoms with van der Waals surface area (Å²) in [6.07, 6.45) is 0. The molecule has 0 aromatic heterocycles. The van der Waals surface area contributed by atoms with Gasteiger partial charge in [-0.1, -0.05) is 0 Å². The Bertz CT molecular complexity index is 518. The van der Waals surface area contributed by atoms with E-state index in [1.165, 1.54) is 12.1 Å². The van der Waals surface area contributed by atoms with Crippen molar-refractivity contribution < 1.29 is 9.18 Å². The molecule has 1 aromatic rings. The van der Waals surface area contributed by atoms with Crippen molar-refractivity contribution in [2.75, 3.05) is 37.6 Å². The molecule has 128 valence electrons. The van der Waals surface area contributed by atoms with Gasteiger partial charge in [0, 0.05) is 44.0 Å². The van der Waals surface area contributed by atoms with Gasteiger partial charge in [-0.3, -0.25) is 9.69 Å². The van der Waals surface area contributed by atoms with Gasteiger partial charge in [0.1, 0.15) is 5.82 Å². The van der Waals surface area contributed by atoms with Crippen molar-refractivity contribution >= 4 is 11.6 Å². The SMILES string of the molecule is CC(C(=O)NCC(C)(C)N)N1CCN(c2ccc(F)cc2)CC1. The number of anilines is 1. The molecule has 1 aliphatic rings. The van der Waals surface area contributed by atoms with E-state index in [1.807, 2.05) is 20.8 Å². The van der Waals surface area contributed by atoms with E-state index in [9.17, 15) is 9.18 Å². The molecule has 1 saturated heterocycles. The molecule has 1 heterocycles. The van der Waals surface area contributed by atoms with Crippen LogP contribution in [0, 0.1) is 5.82 Å². The average Bonchev–Trinajstić information content (AvgIpc) is 2.52. The molecule has 23 heavy (non-hydrogen) atoms. The van der Waals surface area contributed by atoms with Crippen LogP contribution in [0.3, 0.4) is 0 Å². The summed E-state index contributed by atoms with van der Waals surface area (Å²) in [6.45, 7) is 9.42. The largest absolute Gasteiger partial charge is 0.369 e. The molecular formula is C17H27FN4O. The molecule has 1 aromatic carbocycles. The van der Waals surface area contributed by atoms with Crippen LogP contribution in [0.2, 0.25) is 0 Å². The summed E-state index contributed by atoms with van der Waals surface area (Å²) >= 11 is 0. The van der Waals surface area contributed by atoms with Crippen molar-refractivity contribution in [3.05, 3.63) is 30.1 Å². The first kappa shape index (κ1) is 17.7. The number of piperazine rings is 1. The number of nitrogens with one attached hydrogen (secondary N) is 1. The Morgan fingerprint density at radius 1 is 1.26 bits per heavy atom. The normalized spacial score (nSPS) is 17.9. The average molecular weight is 322 g/mol. The maximum atomic E-state index is 13.0. The van der Waals surface area contributed by atoms with Crippen molar-refractivity contribution in [3.63, 3.8) is 0 Å². The molecule has 3 N–H and O–H groups in total. The van der Waals surface area contributed by atoms with E-state index < -0.39 is 5.54 Å². The van der Waals surface area contributed by atoms with Crippen LogP contribution in [0.4, 0.5) is 10.1 Å². The quantitative estimate of drug-likeness (QED) is 0.855. The van der Waals surface area contributed by atoms with Crippen LogP contribution in [0.15, 0.2) is 24.3 Å². The number of rotatable bonds is 5. The molecule has 0 aliphatic carbocycles. The van der Waals surface area contributed by atoms with Gasteiger partial charge in [-0.05, 0) is 45.0 Å². The predicted molar refractivity (Wildman–Crippen MR) is 90.9 cm³/mol. The lowest BCUT2D eigenvalue weighted by Crippen LogP contribution is -2.55. The van der Waals surface area contributed by atoms with Crippen molar-refractivity contribution in [1.29, 1.82) is 0 Å². The first-order valence-corrected chi connectivity index (χ1v) is 8.07. The number of nitrogens with two attached hydrogens (primary N) is 1. The highest BCUT2D eigenvalue weighted by molar-refractivity contribution is 5.81. The number of nitrogens with zero attached hydrogens (tertiary/aromatic N) is 2. The third-order valence-corrected chi connectivity index (χ3v) is 4.15. The minimum atomic E-state index is -0.406. The summed E-state index contributed by atoms with van der Waals surface area (Å²) < 4.78 is 13.0. The van der Waals surface area contributed by atoms with Gasteiger partial charge in [0.2, 0.25) is 5.91 Å². The molecule has 1 atom stereocenters. The first-order valence-electron chi connectivity index (χ1n) is 8.07. The zero-order valence-corrected chi connectivity index (χ0v) is 14.2. The van der Waals surface area contributed by atoms with Crippen LogP contribution in [-0.4, -0.2) is 55.1 Å². The second kappa shape index (κ2) is 7.27. The Morgan fingerprint density at radius 2 is 1.83 bits per heavy atom. The fourth-order valence-electron chi connectivity index (χ4n) is 2.65. The number of carbonyl (C=O) groups excluding carboxylic acids is 1. The van der Waals surface area contributed by atoms with Crippen molar-refractivity contribution in [2.24, 2.45) is 5.73 Å². The molecule has 2 rings (SSSR count). The number of hydrogen-bond donors (Lipinski definition) is 2. The maximum absolute atomic E-state index is 13.0. The van der Waals surface area contributed by atoms with Gasteiger partial charge in [-0.25, -0.2) is 4.39 Å². The summed E-state index contributed by atoms with van der Waals surface area (Å²) in [4.78, 5) is 16.6. The Morgan fingerprint density at radius 3 is 2.35 bits per heavy atom. The zero-order valence-electron chi connectivity index (χ0n) is 14.2. The van der Waals surface area contributed by atoms with E-state index in [-0.39, 0.29) is 17.8 Å². The van der Waals surface area contributed by atoms with E-state index >= 15 is 0 Å². The molecule has 0 bridgehead atoms. The number of benzene rings is 1. The standard InChI is InChI=1S/C17H27FN4O/c1-13(16(23)20-12-17(2,3)19)21-8-10-22(11-9-21)15-6-4-14(18)5-7-15/h4-7,13H,8-12,19H2,1-3H3,(H,20,23). The lowest BCUT2D eigenvalue weighted by Gasteiger charge is -2.38. The number of halogens is 1. The molecule has 1 amide bonds. The van der Waals surface area contributed by atoms with Gasteiger partial charge in [-0.15, -0.1) is 0 Å². The Balaban J connectivity index is 1.83. The summed E-state index contributed by atoms with van der Waals surface area (Å²) in [5.74, 6) is -0.209. The van der Waals surface area contributed by atoms with Crippen LogP contribution in [0.1, 0.15) is 20.8 Å². The zero-order chi connectivity index (χ0) is 17.0. The molecule has 0 radical (unpaired) electrons. The second-order valence-electron chi connectivity index (χ2n) is 6.88. The number of hydrogen-bond acceptors (Lipinski definition) is 4. The van der Waals surface area contributed by atoms with E-state index in [0.29, 0.717) is 6.54 Å². The topological polar surface area (TPSA) is 61.6 Å². The highest BCUT2D eigenvalue weighted by atomic mass is 19.1. The lowest BCUT2D eigenvalue weighted by atomic mass is 10.1. The summed E-state index contributed by atoms with van der Waals surface area (Å²) in [5.41, 5.74) is 6.51. The van der Waals surface area contributed by atoms with Crippen molar-refractivity contribution in [3.8, 4) is 0 Å². The van der Waals surface area contributed by atoms with Gasteiger partial charge < -0.3 is 16.0 Å². The Hall–Kier alpha value is -1.66. The molecule has 0 saturated carbocycles. The molecule has 5 nitrogen and oxygen atoms in total.